The molecule has 1 aliphatic rings. The fraction of sp³-hybridized carbons (Fsp3) is 0.545. The van der Waals surface area contributed by atoms with Crippen LogP contribution in [0.1, 0.15) is 13.3 Å². The Hall–Kier alpha value is -1.85. The Balaban J connectivity index is 2.32. The van der Waals surface area contributed by atoms with Crippen molar-refractivity contribution >= 4 is 17.9 Å². The molecule has 2 unspecified atom stereocenters. The van der Waals surface area contributed by atoms with Gasteiger partial charge in [0.1, 0.15) is 0 Å². The summed E-state index contributed by atoms with van der Waals surface area (Å²) in [5, 5.41) is 10.4. The van der Waals surface area contributed by atoms with Gasteiger partial charge >= 0.3 is 12.0 Å². The fourth-order valence-electron chi connectivity index (χ4n) is 1.48. The Bertz CT molecular complexity index is 364. The highest BCUT2D eigenvalue weighted by Crippen LogP contribution is 2.37. The molecule has 1 rings (SSSR count). The second kappa shape index (κ2) is 5.47. The number of nitrogens with one attached hydrogen (secondary N) is 1. The van der Waals surface area contributed by atoms with Crippen LogP contribution < -0.4 is 5.32 Å². The summed E-state index contributed by atoms with van der Waals surface area (Å²) in [5.74, 6) is -0.816. The van der Waals surface area contributed by atoms with Gasteiger partial charge in [0.2, 0.25) is 0 Å². The quantitative estimate of drug-likeness (QED) is 0.698. The van der Waals surface area contributed by atoms with Crippen LogP contribution in [0.3, 0.4) is 0 Å². The minimum Gasteiger partial charge on any atom is -0.478 e. The van der Waals surface area contributed by atoms with Gasteiger partial charge in [-0.2, -0.15) is 0 Å². The molecule has 0 bridgehead atoms. The number of carbonyl (C=O) groups excluding carboxylic acids is 2. The van der Waals surface area contributed by atoms with Gasteiger partial charge in [-0.3, -0.25) is 10.1 Å². The first-order valence-electron chi connectivity index (χ1n) is 5.37. The van der Waals surface area contributed by atoms with E-state index in [1.54, 1.807) is 7.05 Å². The molecule has 1 aliphatic carbocycles. The van der Waals surface area contributed by atoms with Gasteiger partial charge in [-0.05, 0) is 18.3 Å². The zero-order valence-electron chi connectivity index (χ0n) is 9.84. The van der Waals surface area contributed by atoms with Gasteiger partial charge in [-0.1, -0.05) is 6.92 Å². The summed E-state index contributed by atoms with van der Waals surface area (Å²) >= 11 is 0. The van der Waals surface area contributed by atoms with E-state index in [4.69, 9.17) is 5.11 Å². The second-order valence-corrected chi connectivity index (χ2v) is 4.32. The van der Waals surface area contributed by atoms with Gasteiger partial charge < -0.3 is 10.0 Å². The molecule has 6 nitrogen and oxygen atoms in total. The van der Waals surface area contributed by atoms with Crippen LogP contribution in [0.5, 0.6) is 0 Å². The van der Waals surface area contributed by atoms with Crippen molar-refractivity contribution in [3.63, 3.8) is 0 Å². The van der Waals surface area contributed by atoms with Gasteiger partial charge in [0.05, 0.1) is 0 Å². The molecule has 0 aromatic carbocycles. The Kier molecular flexibility index (Phi) is 4.25. The van der Waals surface area contributed by atoms with Crippen LogP contribution in [0.15, 0.2) is 12.2 Å². The molecule has 0 spiro atoms. The molecule has 0 aromatic rings. The summed E-state index contributed by atoms with van der Waals surface area (Å²) in [6.45, 7) is 2.72. The van der Waals surface area contributed by atoms with Gasteiger partial charge in [0, 0.05) is 25.7 Å². The molecule has 94 valence electrons. The standard InChI is InChI=1S/C11H16N2O4/c1-7-5-8(7)6-13(2)11(17)12-9(14)3-4-10(15)16/h3-4,7-8H,5-6H2,1-2H3,(H,15,16)(H,12,14,17). The van der Waals surface area contributed by atoms with Crippen molar-refractivity contribution < 1.29 is 19.5 Å². The van der Waals surface area contributed by atoms with E-state index in [1.165, 1.54) is 4.90 Å². The first-order chi connectivity index (χ1) is 7.90. The molecule has 6 heteroatoms. The van der Waals surface area contributed by atoms with Crippen molar-refractivity contribution in [3.05, 3.63) is 12.2 Å². The minimum atomic E-state index is -1.23. The lowest BCUT2D eigenvalue weighted by Crippen LogP contribution is -2.41. The highest BCUT2D eigenvalue weighted by atomic mass is 16.4. The maximum Gasteiger partial charge on any atom is 0.328 e. The normalized spacial score (nSPS) is 22.2. The summed E-state index contributed by atoms with van der Waals surface area (Å²) < 4.78 is 0. The van der Waals surface area contributed by atoms with Crippen LogP contribution in [-0.2, 0) is 9.59 Å². The molecule has 17 heavy (non-hydrogen) atoms. The van der Waals surface area contributed by atoms with Crippen molar-refractivity contribution in [1.82, 2.24) is 10.2 Å². The second-order valence-electron chi connectivity index (χ2n) is 4.32. The Labute approximate surface area is 99.3 Å². The topological polar surface area (TPSA) is 86.7 Å². The van der Waals surface area contributed by atoms with E-state index in [-0.39, 0.29) is 0 Å². The lowest BCUT2D eigenvalue weighted by atomic mass is 10.3. The first kappa shape index (κ1) is 13.2. The summed E-state index contributed by atoms with van der Waals surface area (Å²) in [4.78, 5) is 34.2. The van der Waals surface area contributed by atoms with E-state index < -0.39 is 17.9 Å². The van der Waals surface area contributed by atoms with Crippen molar-refractivity contribution in [1.29, 1.82) is 0 Å². The molecule has 1 fully saturated rings. The molecule has 0 aliphatic heterocycles. The van der Waals surface area contributed by atoms with E-state index in [2.05, 4.69) is 12.2 Å². The molecule has 0 aromatic heterocycles. The third-order valence-electron chi connectivity index (χ3n) is 2.74. The number of urea groups is 1. The Morgan fingerprint density at radius 1 is 1.41 bits per heavy atom. The lowest BCUT2D eigenvalue weighted by Gasteiger charge is -2.16. The summed E-state index contributed by atoms with van der Waals surface area (Å²) in [7, 11) is 1.61. The number of imide groups is 1. The van der Waals surface area contributed by atoms with Crippen LogP contribution in [0, 0.1) is 11.8 Å². The number of rotatable bonds is 4. The van der Waals surface area contributed by atoms with Gasteiger partial charge in [-0.15, -0.1) is 0 Å². The highest BCUT2D eigenvalue weighted by Gasteiger charge is 2.34. The van der Waals surface area contributed by atoms with Crippen LogP contribution in [0.4, 0.5) is 4.79 Å². The number of carbonyl (C=O) groups is 3. The third-order valence-corrected chi connectivity index (χ3v) is 2.74. The number of hydrogen-bond donors (Lipinski definition) is 2. The highest BCUT2D eigenvalue weighted by molar-refractivity contribution is 6.02. The van der Waals surface area contributed by atoms with Crippen LogP contribution >= 0.6 is 0 Å². The van der Waals surface area contributed by atoms with Crippen LogP contribution in [0.2, 0.25) is 0 Å². The first-order valence-corrected chi connectivity index (χ1v) is 5.37. The van der Waals surface area contributed by atoms with E-state index >= 15 is 0 Å². The molecule has 1 saturated carbocycles. The summed E-state index contributed by atoms with van der Waals surface area (Å²) in [6.07, 6.45) is 2.60. The zero-order valence-corrected chi connectivity index (χ0v) is 9.84. The van der Waals surface area contributed by atoms with Crippen LogP contribution in [0.25, 0.3) is 0 Å². The maximum atomic E-state index is 11.5. The predicted molar refractivity (Wildman–Crippen MR) is 60.2 cm³/mol. The lowest BCUT2D eigenvalue weighted by molar-refractivity contribution is -0.131. The Morgan fingerprint density at radius 2 is 2.00 bits per heavy atom. The van der Waals surface area contributed by atoms with E-state index in [9.17, 15) is 14.4 Å². The van der Waals surface area contributed by atoms with Gasteiger partial charge in [-0.25, -0.2) is 9.59 Å². The van der Waals surface area contributed by atoms with Gasteiger partial charge in [0.15, 0.2) is 0 Å². The van der Waals surface area contributed by atoms with Crippen molar-refractivity contribution in [2.24, 2.45) is 11.8 Å². The number of amides is 3. The smallest absolute Gasteiger partial charge is 0.328 e. The average Bonchev–Trinajstić information content (AvgIpc) is 2.91. The number of hydrogen-bond acceptors (Lipinski definition) is 3. The molecule has 2 N–H and O–H groups in total. The molecular formula is C11H16N2O4. The molecule has 2 atom stereocenters. The number of aliphatic carboxylic acids is 1. The largest absolute Gasteiger partial charge is 0.478 e. The molecule has 0 radical (unpaired) electrons. The van der Waals surface area contributed by atoms with E-state index in [1.807, 2.05) is 0 Å². The van der Waals surface area contributed by atoms with Crippen LogP contribution in [-0.4, -0.2) is 41.5 Å². The van der Waals surface area contributed by atoms with E-state index in [0.717, 1.165) is 12.5 Å². The summed E-state index contributed by atoms with van der Waals surface area (Å²) in [5.41, 5.74) is 0. The monoisotopic (exact) mass is 240 g/mol. The van der Waals surface area contributed by atoms with Crippen molar-refractivity contribution in [3.8, 4) is 0 Å². The molecule has 0 saturated heterocycles. The third kappa shape index (κ3) is 4.67. The Morgan fingerprint density at radius 3 is 2.47 bits per heavy atom. The van der Waals surface area contributed by atoms with Crippen molar-refractivity contribution in [2.75, 3.05) is 13.6 Å². The number of nitrogens with zero attached hydrogens (tertiary/aromatic N) is 1. The average molecular weight is 240 g/mol. The molecule has 0 heterocycles. The minimum absolute atomic E-state index is 0.510. The van der Waals surface area contributed by atoms with Crippen molar-refractivity contribution in [2.45, 2.75) is 13.3 Å². The van der Waals surface area contributed by atoms with E-state index in [0.29, 0.717) is 24.5 Å². The number of carboxylic acid groups (broad SMARTS) is 1. The summed E-state index contributed by atoms with van der Waals surface area (Å²) in [6, 6.07) is -0.510. The molecule has 3 amide bonds. The SMILES string of the molecule is CC1CC1CN(C)C(=O)NC(=O)C=CC(=O)O. The fourth-order valence-corrected chi connectivity index (χ4v) is 1.48. The zero-order chi connectivity index (χ0) is 13.0. The molecular weight excluding hydrogens is 224 g/mol. The maximum absolute atomic E-state index is 11.5. The number of carboxylic acids is 1. The van der Waals surface area contributed by atoms with Gasteiger partial charge in [0.25, 0.3) is 5.91 Å². The predicted octanol–water partition coefficient (Wildman–Crippen LogP) is 0.451.